The maximum Gasteiger partial charge on any atom is 0.261 e. The van der Waals surface area contributed by atoms with E-state index in [-0.39, 0.29) is 22.3 Å². The van der Waals surface area contributed by atoms with Crippen LogP contribution in [0.1, 0.15) is 35.8 Å². The van der Waals surface area contributed by atoms with Crippen molar-refractivity contribution in [2.75, 3.05) is 11.3 Å². The number of hydrogen-bond acceptors (Lipinski definition) is 4. The number of rotatable bonds is 8. The van der Waals surface area contributed by atoms with Gasteiger partial charge in [-0.3, -0.25) is 9.52 Å². The van der Waals surface area contributed by atoms with Crippen LogP contribution in [0.3, 0.4) is 0 Å². The molecule has 2 N–H and O–H groups in total. The maximum absolute atomic E-state index is 13.1. The number of anilines is 1. The minimum absolute atomic E-state index is 0.0385. The van der Waals surface area contributed by atoms with E-state index < -0.39 is 15.9 Å². The molecule has 3 aromatic carbocycles. The zero-order valence-corrected chi connectivity index (χ0v) is 17.9. The summed E-state index contributed by atoms with van der Waals surface area (Å²) in [5.41, 5.74) is 1.31. The van der Waals surface area contributed by atoms with Crippen molar-refractivity contribution < 1.29 is 22.3 Å². The summed E-state index contributed by atoms with van der Waals surface area (Å²) in [4.78, 5) is 12.6. The van der Waals surface area contributed by atoms with E-state index in [2.05, 4.69) is 10.0 Å². The van der Waals surface area contributed by atoms with E-state index in [1.807, 2.05) is 6.92 Å². The second-order valence-electron chi connectivity index (χ2n) is 6.84. The molecule has 0 heterocycles. The fourth-order valence-electron chi connectivity index (χ4n) is 2.92. The molecule has 1 atom stereocenters. The molecule has 0 fully saturated rings. The van der Waals surface area contributed by atoms with Gasteiger partial charge in [-0.25, -0.2) is 12.8 Å². The number of carbonyl (C=O) groups excluding carboxylic acids is 1. The average molecular weight is 443 g/mol. The quantitative estimate of drug-likeness (QED) is 0.537. The Morgan fingerprint density at radius 1 is 1.03 bits per heavy atom. The number of sulfonamides is 1. The maximum atomic E-state index is 13.1. The Labute approximate surface area is 181 Å². The lowest BCUT2D eigenvalue weighted by molar-refractivity contribution is 0.0939. The number of amides is 1. The molecule has 0 aliphatic rings. The third-order valence-corrected chi connectivity index (χ3v) is 5.92. The van der Waals surface area contributed by atoms with E-state index in [0.29, 0.717) is 18.0 Å². The van der Waals surface area contributed by atoms with Gasteiger partial charge < -0.3 is 10.1 Å². The van der Waals surface area contributed by atoms with Crippen LogP contribution >= 0.6 is 0 Å². The fraction of sp³-hybridized carbons (Fsp3) is 0.174. The number of carbonyl (C=O) groups is 1. The molecule has 0 saturated heterocycles. The first-order valence-electron chi connectivity index (χ1n) is 9.70. The molecule has 1 amide bonds. The van der Waals surface area contributed by atoms with Crippen LogP contribution < -0.4 is 14.8 Å². The van der Waals surface area contributed by atoms with Crippen LogP contribution in [0.5, 0.6) is 5.75 Å². The predicted molar refractivity (Wildman–Crippen MR) is 117 cm³/mol. The molecule has 0 saturated carbocycles. The summed E-state index contributed by atoms with van der Waals surface area (Å²) in [5, 5.41) is 2.79. The van der Waals surface area contributed by atoms with E-state index in [9.17, 15) is 17.6 Å². The smallest absolute Gasteiger partial charge is 0.261 e. The molecule has 1 unspecified atom stereocenters. The third-order valence-electron chi connectivity index (χ3n) is 4.54. The van der Waals surface area contributed by atoms with E-state index >= 15 is 0 Å². The molecule has 6 nitrogen and oxygen atoms in total. The normalized spacial score (nSPS) is 12.1. The summed E-state index contributed by atoms with van der Waals surface area (Å²) in [7, 11) is -3.89. The predicted octanol–water partition coefficient (Wildman–Crippen LogP) is 4.52. The van der Waals surface area contributed by atoms with E-state index in [4.69, 9.17) is 4.74 Å². The molecule has 31 heavy (non-hydrogen) atoms. The molecule has 0 aromatic heterocycles. The Hall–Kier alpha value is -3.39. The highest BCUT2D eigenvalue weighted by Crippen LogP contribution is 2.21. The van der Waals surface area contributed by atoms with Crippen LogP contribution in [0.25, 0.3) is 0 Å². The van der Waals surface area contributed by atoms with Crippen molar-refractivity contribution in [1.82, 2.24) is 5.32 Å². The summed E-state index contributed by atoms with van der Waals surface area (Å²) >= 11 is 0. The molecular weight excluding hydrogens is 419 g/mol. The van der Waals surface area contributed by atoms with Gasteiger partial charge >= 0.3 is 0 Å². The van der Waals surface area contributed by atoms with Gasteiger partial charge in [0.1, 0.15) is 11.6 Å². The lowest BCUT2D eigenvalue weighted by Crippen LogP contribution is -2.27. The van der Waals surface area contributed by atoms with Crippen LogP contribution in [-0.4, -0.2) is 20.9 Å². The molecule has 0 aliphatic heterocycles. The topological polar surface area (TPSA) is 84.5 Å². The van der Waals surface area contributed by atoms with Crippen molar-refractivity contribution in [3.05, 3.63) is 89.7 Å². The molecule has 0 spiro atoms. The van der Waals surface area contributed by atoms with Crippen molar-refractivity contribution in [3.8, 4) is 5.75 Å². The van der Waals surface area contributed by atoms with Crippen molar-refractivity contribution in [2.24, 2.45) is 0 Å². The first-order chi connectivity index (χ1) is 14.8. The summed E-state index contributed by atoms with van der Waals surface area (Å²) in [6.45, 7) is 4.14. The number of halogens is 1. The van der Waals surface area contributed by atoms with Crippen molar-refractivity contribution in [2.45, 2.75) is 24.8 Å². The van der Waals surface area contributed by atoms with Gasteiger partial charge in [-0.1, -0.05) is 18.2 Å². The monoisotopic (exact) mass is 442 g/mol. The highest BCUT2D eigenvalue weighted by Gasteiger charge is 2.18. The lowest BCUT2D eigenvalue weighted by atomic mass is 10.1. The van der Waals surface area contributed by atoms with Gasteiger partial charge in [-0.2, -0.15) is 0 Å². The standard InChI is InChI=1S/C23H23FN2O4S/c1-3-30-21-13-11-20(12-14-21)26-31(28,29)22-6-4-5-18(15-22)23(27)25-16(2)17-7-9-19(24)10-8-17/h4-16,26H,3H2,1-2H3,(H,25,27). The number of hydrogen-bond donors (Lipinski definition) is 2. The van der Waals surface area contributed by atoms with E-state index in [1.165, 1.54) is 36.4 Å². The Balaban J connectivity index is 1.73. The van der Waals surface area contributed by atoms with Crippen LogP contribution in [0, 0.1) is 5.82 Å². The summed E-state index contributed by atoms with van der Waals surface area (Å²) in [5.74, 6) is -0.158. The number of benzene rings is 3. The minimum atomic E-state index is -3.89. The zero-order valence-electron chi connectivity index (χ0n) is 17.1. The zero-order chi connectivity index (χ0) is 22.4. The second-order valence-corrected chi connectivity index (χ2v) is 8.52. The van der Waals surface area contributed by atoms with Gasteiger partial charge in [0.15, 0.2) is 0 Å². The number of ether oxygens (including phenoxy) is 1. The molecular formula is C23H23FN2O4S. The summed E-state index contributed by atoms with van der Waals surface area (Å²) < 4.78 is 46.4. The van der Waals surface area contributed by atoms with Crippen molar-refractivity contribution >= 4 is 21.6 Å². The van der Waals surface area contributed by atoms with Crippen LogP contribution in [0.4, 0.5) is 10.1 Å². The second kappa shape index (κ2) is 9.61. The Morgan fingerprint density at radius 3 is 2.35 bits per heavy atom. The van der Waals surface area contributed by atoms with Gasteiger partial charge in [-0.05, 0) is 74.0 Å². The minimum Gasteiger partial charge on any atom is -0.494 e. The highest BCUT2D eigenvalue weighted by molar-refractivity contribution is 7.92. The van der Waals surface area contributed by atoms with Crippen molar-refractivity contribution in [1.29, 1.82) is 0 Å². The molecule has 8 heteroatoms. The van der Waals surface area contributed by atoms with Gasteiger partial charge in [-0.15, -0.1) is 0 Å². The average Bonchev–Trinajstić information content (AvgIpc) is 2.75. The molecule has 0 bridgehead atoms. The largest absolute Gasteiger partial charge is 0.494 e. The first kappa shape index (κ1) is 22.3. The third kappa shape index (κ3) is 5.82. The number of nitrogens with one attached hydrogen (secondary N) is 2. The molecule has 3 aromatic rings. The Bertz CT molecular complexity index is 1150. The van der Waals surface area contributed by atoms with Crippen LogP contribution in [0.2, 0.25) is 0 Å². The van der Waals surface area contributed by atoms with Crippen molar-refractivity contribution in [3.63, 3.8) is 0 Å². The van der Waals surface area contributed by atoms with Crippen LogP contribution in [0.15, 0.2) is 77.7 Å². The van der Waals surface area contributed by atoms with Gasteiger partial charge in [0, 0.05) is 11.3 Å². The van der Waals surface area contributed by atoms with E-state index in [0.717, 1.165) is 5.56 Å². The molecule has 0 aliphatic carbocycles. The lowest BCUT2D eigenvalue weighted by Gasteiger charge is -2.15. The van der Waals surface area contributed by atoms with Gasteiger partial charge in [0.05, 0.1) is 17.5 Å². The van der Waals surface area contributed by atoms with Crippen LogP contribution in [-0.2, 0) is 10.0 Å². The fourth-order valence-corrected chi connectivity index (χ4v) is 4.02. The molecule has 3 rings (SSSR count). The summed E-state index contributed by atoms with van der Waals surface area (Å²) in [6.07, 6.45) is 0. The van der Waals surface area contributed by atoms with Gasteiger partial charge in [0.25, 0.3) is 15.9 Å². The highest BCUT2D eigenvalue weighted by atomic mass is 32.2. The molecule has 162 valence electrons. The summed E-state index contributed by atoms with van der Waals surface area (Å²) in [6, 6.07) is 17.7. The Kier molecular flexibility index (Phi) is 6.91. The first-order valence-corrected chi connectivity index (χ1v) is 11.2. The molecule has 0 radical (unpaired) electrons. The van der Waals surface area contributed by atoms with E-state index in [1.54, 1.807) is 43.3 Å². The Morgan fingerprint density at radius 2 is 1.71 bits per heavy atom. The van der Waals surface area contributed by atoms with Gasteiger partial charge in [0.2, 0.25) is 0 Å². The SMILES string of the molecule is CCOc1ccc(NS(=O)(=O)c2cccc(C(=O)NC(C)c3ccc(F)cc3)c2)cc1.